The fourth-order valence-corrected chi connectivity index (χ4v) is 5.13. The Kier molecular flexibility index (Phi) is 5.88. The van der Waals surface area contributed by atoms with Crippen molar-refractivity contribution in [3.8, 4) is 11.3 Å². The number of H-pyrrole nitrogens is 1. The molecule has 1 amide bonds. The Morgan fingerprint density at radius 2 is 1.88 bits per heavy atom. The van der Waals surface area contributed by atoms with E-state index in [2.05, 4.69) is 4.98 Å². The van der Waals surface area contributed by atoms with Gasteiger partial charge in [0.2, 0.25) is 5.91 Å². The predicted molar refractivity (Wildman–Crippen MR) is 117 cm³/mol. The number of amides is 1. The lowest BCUT2D eigenvalue weighted by molar-refractivity contribution is -0.148. The lowest BCUT2D eigenvalue weighted by Gasteiger charge is -2.42. The van der Waals surface area contributed by atoms with Crippen LogP contribution in [0.4, 0.5) is 13.2 Å². The third-order valence-corrected chi connectivity index (χ3v) is 6.87. The molecular weight excluding hydrogens is 433 g/mol. The maximum Gasteiger partial charge on any atom is 0.226 e. The standard InChI is InChI=1S/C25H25F3N2O3/c26-17-3-1-14(2-4-17)23-22(20-11-18(27)12-21(28)24(20)29-23)15-9-16(10-15)25(32)30-6-8-33-13-19(30)5-7-31/h1-4,11-12,15-16,19,29,31H,5-10,13H2/t15-,16-,19?. The zero-order chi connectivity index (χ0) is 23.1. The monoisotopic (exact) mass is 458 g/mol. The van der Waals surface area contributed by atoms with Crippen molar-refractivity contribution in [1.82, 2.24) is 9.88 Å². The number of carbonyl (C=O) groups is 1. The van der Waals surface area contributed by atoms with E-state index < -0.39 is 11.6 Å². The molecule has 2 aliphatic rings. The number of aliphatic hydroxyl groups excluding tert-OH is 1. The number of benzene rings is 2. The quantitative estimate of drug-likeness (QED) is 0.597. The third-order valence-electron chi connectivity index (χ3n) is 6.87. The molecule has 8 heteroatoms. The molecule has 2 aromatic carbocycles. The van der Waals surface area contributed by atoms with E-state index >= 15 is 0 Å². The first kappa shape index (κ1) is 22.0. The number of aromatic amines is 1. The summed E-state index contributed by atoms with van der Waals surface area (Å²) < 4.78 is 47.6. The van der Waals surface area contributed by atoms with Gasteiger partial charge in [-0.15, -0.1) is 0 Å². The number of nitrogens with zero attached hydrogens (tertiary/aromatic N) is 1. The predicted octanol–water partition coefficient (Wildman–Crippen LogP) is 4.36. The molecule has 33 heavy (non-hydrogen) atoms. The van der Waals surface area contributed by atoms with E-state index in [1.165, 1.54) is 18.2 Å². The van der Waals surface area contributed by atoms with Crippen molar-refractivity contribution in [1.29, 1.82) is 0 Å². The van der Waals surface area contributed by atoms with Crippen molar-refractivity contribution in [3.63, 3.8) is 0 Å². The van der Waals surface area contributed by atoms with Gasteiger partial charge in [0.05, 0.1) is 30.5 Å². The number of halogens is 3. The molecule has 0 bridgehead atoms. The summed E-state index contributed by atoms with van der Waals surface area (Å²) in [5, 5.41) is 9.77. The molecule has 1 saturated heterocycles. The number of aliphatic hydroxyl groups is 1. The van der Waals surface area contributed by atoms with E-state index in [0.29, 0.717) is 55.7 Å². The Hall–Kier alpha value is -2.84. The van der Waals surface area contributed by atoms with Gasteiger partial charge < -0.3 is 19.7 Å². The van der Waals surface area contributed by atoms with Crippen LogP contribution in [0.5, 0.6) is 0 Å². The topological polar surface area (TPSA) is 65.6 Å². The van der Waals surface area contributed by atoms with Gasteiger partial charge in [0, 0.05) is 30.5 Å². The summed E-state index contributed by atoms with van der Waals surface area (Å²) in [6.07, 6.45) is 1.58. The Morgan fingerprint density at radius 3 is 2.61 bits per heavy atom. The van der Waals surface area contributed by atoms with E-state index in [9.17, 15) is 23.1 Å². The van der Waals surface area contributed by atoms with Gasteiger partial charge in [-0.05, 0) is 66.6 Å². The highest BCUT2D eigenvalue weighted by molar-refractivity contribution is 5.92. The largest absolute Gasteiger partial charge is 0.396 e. The molecule has 2 fully saturated rings. The minimum Gasteiger partial charge on any atom is -0.396 e. The minimum absolute atomic E-state index is 0.0153. The average molecular weight is 458 g/mol. The number of morpholine rings is 1. The molecule has 1 atom stereocenters. The summed E-state index contributed by atoms with van der Waals surface area (Å²) in [5.41, 5.74) is 2.26. The van der Waals surface area contributed by atoms with Crippen molar-refractivity contribution < 1.29 is 27.8 Å². The number of ether oxygens (including phenoxy) is 1. The Morgan fingerprint density at radius 1 is 1.12 bits per heavy atom. The molecule has 1 unspecified atom stereocenters. The van der Waals surface area contributed by atoms with E-state index in [1.54, 1.807) is 17.0 Å². The van der Waals surface area contributed by atoms with Crippen molar-refractivity contribution in [3.05, 3.63) is 59.4 Å². The minimum atomic E-state index is -0.688. The fraction of sp³-hybridized carbons (Fsp3) is 0.400. The van der Waals surface area contributed by atoms with Crippen LogP contribution in [0.3, 0.4) is 0 Å². The van der Waals surface area contributed by atoms with Crippen LogP contribution in [-0.2, 0) is 9.53 Å². The van der Waals surface area contributed by atoms with Crippen LogP contribution in [0.2, 0.25) is 0 Å². The Labute approximate surface area is 189 Å². The van der Waals surface area contributed by atoms with Crippen LogP contribution < -0.4 is 0 Å². The van der Waals surface area contributed by atoms with Crippen LogP contribution in [0, 0.1) is 23.4 Å². The van der Waals surface area contributed by atoms with Crippen LogP contribution in [0.1, 0.15) is 30.7 Å². The number of rotatable bonds is 5. The van der Waals surface area contributed by atoms with Crippen LogP contribution in [0.15, 0.2) is 36.4 Å². The molecule has 0 radical (unpaired) electrons. The van der Waals surface area contributed by atoms with Crippen LogP contribution in [0.25, 0.3) is 22.2 Å². The molecule has 1 aliphatic carbocycles. The second-order valence-corrected chi connectivity index (χ2v) is 8.87. The zero-order valence-electron chi connectivity index (χ0n) is 18.0. The SMILES string of the molecule is O=C([C@H]1C[C@H](c2c(-c3ccc(F)cc3)[nH]c3c(F)cc(F)cc32)C1)N1CCOCC1CCO. The van der Waals surface area contributed by atoms with Gasteiger partial charge >= 0.3 is 0 Å². The van der Waals surface area contributed by atoms with Gasteiger partial charge in [-0.25, -0.2) is 13.2 Å². The van der Waals surface area contributed by atoms with E-state index in [4.69, 9.17) is 4.74 Å². The summed E-state index contributed by atoms with van der Waals surface area (Å²) in [4.78, 5) is 18.0. The maximum absolute atomic E-state index is 14.5. The summed E-state index contributed by atoms with van der Waals surface area (Å²) in [5.74, 6) is -1.96. The first-order valence-electron chi connectivity index (χ1n) is 11.2. The molecule has 174 valence electrons. The number of carbonyl (C=O) groups excluding carboxylic acids is 1. The molecule has 1 aromatic heterocycles. The molecule has 0 spiro atoms. The summed E-state index contributed by atoms with van der Waals surface area (Å²) >= 11 is 0. The molecule has 5 nitrogen and oxygen atoms in total. The number of hydrogen-bond acceptors (Lipinski definition) is 3. The van der Waals surface area contributed by atoms with E-state index in [-0.39, 0.29) is 41.7 Å². The first-order chi connectivity index (χ1) is 16.0. The Balaban J connectivity index is 1.45. The number of aromatic nitrogens is 1. The van der Waals surface area contributed by atoms with Gasteiger partial charge in [-0.2, -0.15) is 0 Å². The molecule has 1 aliphatic heterocycles. The molecule has 2 heterocycles. The molecular formula is C25H25F3N2O3. The second kappa shape index (κ2) is 8.83. The lowest BCUT2D eigenvalue weighted by atomic mass is 9.69. The summed E-state index contributed by atoms with van der Waals surface area (Å²) in [7, 11) is 0. The number of hydrogen-bond donors (Lipinski definition) is 2. The number of fused-ring (bicyclic) bond motifs is 1. The maximum atomic E-state index is 14.5. The van der Waals surface area contributed by atoms with Crippen LogP contribution in [-0.4, -0.2) is 53.3 Å². The van der Waals surface area contributed by atoms with Crippen molar-refractivity contribution in [2.75, 3.05) is 26.4 Å². The number of nitrogens with one attached hydrogen (secondary N) is 1. The Bertz CT molecular complexity index is 1170. The third kappa shape index (κ3) is 4.02. The van der Waals surface area contributed by atoms with Gasteiger partial charge in [0.1, 0.15) is 17.5 Å². The van der Waals surface area contributed by atoms with Crippen LogP contribution >= 0.6 is 0 Å². The highest BCUT2D eigenvalue weighted by Crippen LogP contribution is 2.49. The highest BCUT2D eigenvalue weighted by Gasteiger charge is 2.42. The van der Waals surface area contributed by atoms with E-state index in [0.717, 1.165) is 11.6 Å². The molecule has 5 rings (SSSR count). The summed E-state index contributed by atoms with van der Waals surface area (Å²) in [6, 6.07) is 7.87. The molecule has 2 N–H and O–H groups in total. The highest BCUT2D eigenvalue weighted by atomic mass is 19.1. The van der Waals surface area contributed by atoms with Crippen molar-refractivity contribution in [2.45, 2.75) is 31.2 Å². The van der Waals surface area contributed by atoms with Gasteiger partial charge in [-0.3, -0.25) is 4.79 Å². The second-order valence-electron chi connectivity index (χ2n) is 8.87. The van der Waals surface area contributed by atoms with Gasteiger partial charge in [0.25, 0.3) is 0 Å². The molecule has 1 saturated carbocycles. The molecule has 3 aromatic rings. The smallest absolute Gasteiger partial charge is 0.226 e. The summed E-state index contributed by atoms with van der Waals surface area (Å²) in [6.45, 7) is 1.37. The van der Waals surface area contributed by atoms with Crippen molar-refractivity contribution >= 4 is 16.8 Å². The lowest BCUT2D eigenvalue weighted by Crippen LogP contribution is -2.52. The fourth-order valence-electron chi connectivity index (χ4n) is 5.13. The average Bonchev–Trinajstić information content (AvgIpc) is 3.13. The van der Waals surface area contributed by atoms with Crippen molar-refractivity contribution in [2.24, 2.45) is 5.92 Å². The zero-order valence-corrected chi connectivity index (χ0v) is 18.0. The normalized spacial score (nSPS) is 23.0. The first-order valence-corrected chi connectivity index (χ1v) is 11.2. The van der Waals surface area contributed by atoms with Gasteiger partial charge in [-0.1, -0.05) is 0 Å². The van der Waals surface area contributed by atoms with E-state index in [1.807, 2.05) is 0 Å². The van der Waals surface area contributed by atoms with Gasteiger partial charge in [0.15, 0.2) is 0 Å².